The maximum atomic E-state index is 6.04. The molecule has 0 atom stereocenters. The van der Waals surface area contributed by atoms with Crippen LogP contribution in [-0.4, -0.2) is 21.0 Å². The van der Waals surface area contributed by atoms with Gasteiger partial charge in [0.15, 0.2) is 11.0 Å². The number of rotatable bonds is 2. The van der Waals surface area contributed by atoms with Crippen molar-refractivity contribution in [2.45, 2.75) is 18.9 Å². The SMILES string of the molecule is Clc1nc2cnc(Br)cc2nc1NC1CC1. The highest BCUT2D eigenvalue weighted by Crippen LogP contribution is 2.28. The molecule has 1 N–H and O–H groups in total. The maximum absolute atomic E-state index is 6.04. The Morgan fingerprint density at radius 2 is 2.12 bits per heavy atom. The first-order chi connectivity index (χ1) is 7.72. The average Bonchev–Trinajstić information content (AvgIpc) is 3.04. The summed E-state index contributed by atoms with van der Waals surface area (Å²) in [7, 11) is 0. The first-order valence-corrected chi connectivity index (χ1v) is 6.15. The van der Waals surface area contributed by atoms with E-state index >= 15 is 0 Å². The van der Waals surface area contributed by atoms with Gasteiger partial charge in [-0.05, 0) is 34.8 Å². The highest BCUT2D eigenvalue weighted by Gasteiger charge is 2.23. The number of halogens is 2. The number of hydrogen-bond donors (Lipinski definition) is 1. The van der Waals surface area contributed by atoms with E-state index in [1.54, 1.807) is 6.20 Å². The Balaban J connectivity index is 2.10. The van der Waals surface area contributed by atoms with Crippen molar-refractivity contribution in [3.63, 3.8) is 0 Å². The fourth-order valence-electron chi connectivity index (χ4n) is 1.43. The van der Waals surface area contributed by atoms with Crippen molar-refractivity contribution >= 4 is 44.4 Å². The molecule has 0 spiro atoms. The van der Waals surface area contributed by atoms with Crippen molar-refractivity contribution in [3.8, 4) is 0 Å². The molecule has 3 rings (SSSR count). The number of nitrogens with one attached hydrogen (secondary N) is 1. The smallest absolute Gasteiger partial charge is 0.172 e. The molecule has 2 aromatic heterocycles. The van der Waals surface area contributed by atoms with Crippen molar-refractivity contribution in [1.29, 1.82) is 0 Å². The van der Waals surface area contributed by atoms with Gasteiger partial charge in [-0.15, -0.1) is 0 Å². The third kappa shape index (κ3) is 1.97. The van der Waals surface area contributed by atoms with Gasteiger partial charge >= 0.3 is 0 Å². The molecule has 0 amide bonds. The molecule has 2 heterocycles. The van der Waals surface area contributed by atoms with Crippen LogP contribution in [0.2, 0.25) is 5.15 Å². The van der Waals surface area contributed by atoms with E-state index in [0.717, 1.165) is 10.1 Å². The number of anilines is 1. The summed E-state index contributed by atoms with van der Waals surface area (Å²) in [5.41, 5.74) is 1.49. The summed E-state index contributed by atoms with van der Waals surface area (Å²) in [5, 5.41) is 3.66. The number of hydrogen-bond acceptors (Lipinski definition) is 4. The van der Waals surface area contributed by atoms with E-state index in [1.165, 1.54) is 12.8 Å². The van der Waals surface area contributed by atoms with E-state index in [2.05, 4.69) is 36.2 Å². The molecule has 0 bridgehead atoms. The molecule has 0 saturated heterocycles. The van der Waals surface area contributed by atoms with Crippen LogP contribution >= 0.6 is 27.5 Å². The predicted octanol–water partition coefficient (Wildman–Crippen LogP) is 3.02. The predicted molar refractivity (Wildman–Crippen MR) is 66.7 cm³/mol. The molecular formula is C10H8BrClN4. The van der Waals surface area contributed by atoms with Crippen LogP contribution < -0.4 is 5.32 Å². The van der Waals surface area contributed by atoms with Gasteiger partial charge in [0.1, 0.15) is 10.1 Å². The number of pyridine rings is 1. The van der Waals surface area contributed by atoms with Crippen LogP contribution in [0, 0.1) is 0 Å². The van der Waals surface area contributed by atoms with Gasteiger partial charge in [0.25, 0.3) is 0 Å². The van der Waals surface area contributed by atoms with Gasteiger partial charge in [0.05, 0.1) is 11.7 Å². The molecule has 1 aliphatic rings. The summed E-state index contributed by atoms with van der Waals surface area (Å²) >= 11 is 9.35. The molecule has 0 aromatic carbocycles. The van der Waals surface area contributed by atoms with Crippen LogP contribution in [0.4, 0.5) is 5.82 Å². The lowest BCUT2D eigenvalue weighted by Gasteiger charge is -2.06. The van der Waals surface area contributed by atoms with Crippen molar-refractivity contribution in [3.05, 3.63) is 22.0 Å². The zero-order valence-corrected chi connectivity index (χ0v) is 10.6. The first kappa shape index (κ1) is 10.2. The first-order valence-electron chi connectivity index (χ1n) is 4.98. The van der Waals surface area contributed by atoms with E-state index in [1.807, 2.05) is 6.07 Å². The van der Waals surface area contributed by atoms with Crippen LogP contribution in [0.5, 0.6) is 0 Å². The molecule has 1 saturated carbocycles. The zero-order chi connectivity index (χ0) is 11.1. The second-order valence-electron chi connectivity index (χ2n) is 3.78. The second-order valence-corrected chi connectivity index (χ2v) is 4.95. The molecule has 82 valence electrons. The van der Waals surface area contributed by atoms with E-state index in [9.17, 15) is 0 Å². The molecule has 6 heteroatoms. The lowest BCUT2D eigenvalue weighted by molar-refractivity contribution is 1.11. The Bertz CT molecular complexity index is 556. The second kappa shape index (κ2) is 3.82. The molecule has 16 heavy (non-hydrogen) atoms. The van der Waals surface area contributed by atoms with Gasteiger partial charge in [-0.2, -0.15) is 0 Å². The van der Waals surface area contributed by atoms with Crippen LogP contribution in [0.25, 0.3) is 11.0 Å². The molecule has 1 fully saturated rings. The number of nitrogens with zero attached hydrogens (tertiary/aromatic N) is 3. The van der Waals surface area contributed by atoms with Crippen LogP contribution in [0.1, 0.15) is 12.8 Å². The van der Waals surface area contributed by atoms with E-state index in [-0.39, 0.29) is 0 Å². The van der Waals surface area contributed by atoms with Gasteiger partial charge in [-0.3, -0.25) is 0 Å². The third-order valence-electron chi connectivity index (χ3n) is 2.39. The van der Waals surface area contributed by atoms with Crippen molar-refractivity contribution in [1.82, 2.24) is 15.0 Å². The van der Waals surface area contributed by atoms with E-state index < -0.39 is 0 Å². The summed E-state index contributed by atoms with van der Waals surface area (Å²) in [4.78, 5) is 12.8. The normalized spacial score (nSPS) is 15.4. The fraction of sp³-hybridized carbons (Fsp3) is 0.300. The Morgan fingerprint density at radius 1 is 1.31 bits per heavy atom. The van der Waals surface area contributed by atoms with Crippen molar-refractivity contribution in [2.24, 2.45) is 0 Å². The third-order valence-corrected chi connectivity index (χ3v) is 3.09. The quantitative estimate of drug-likeness (QED) is 0.866. The minimum Gasteiger partial charge on any atom is -0.365 e. The zero-order valence-electron chi connectivity index (χ0n) is 8.24. The van der Waals surface area contributed by atoms with Gasteiger partial charge < -0.3 is 5.32 Å². The largest absolute Gasteiger partial charge is 0.365 e. The lowest BCUT2D eigenvalue weighted by Crippen LogP contribution is -2.05. The van der Waals surface area contributed by atoms with Crippen molar-refractivity contribution in [2.75, 3.05) is 5.32 Å². The lowest BCUT2D eigenvalue weighted by atomic mass is 10.4. The minimum atomic E-state index is 0.406. The Labute approximate surface area is 106 Å². The van der Waals surface area contributed by atoms with Crippen LogP contribution in [-0.2, 0) is 0 Å². The molecule has 2 aromatic rings. The monoisotopic (exact) mass is 298 g/mol. The summed E-state index contributed by atoms with van der Waals surface area (Å²) in [6, 6.07) is 2.34. The number of aromatic nitrogens is 3. The molecule has 0 aliphatic heterocycles. The van der Waals surface area contributed by atoms with Crippen molar-refractivity contribution < 1.29 is 0 Å². The molecule has 4 nitrogen and oxygen atoms in total. The molecular weight excluding hydrogens is 291 g/mol. The summed E-state index contributed by atoms with van der Waals surface area (Å²) in [5.74, 6) is 0.662. The Morgan fingerprint density at radius 3 is 2.88 bits per heavy atom. The van der Waals surface area contributed by atoms with Gasteiger partial charge in [0.2, 0.25) is 0 Å². The standard InChI is InChI=1S/C10H8BrClN4/c11-8-3-6-7(4-13-8)15-9(12)10(16-6)14-5-1-2-5/h3-5H,1-2H2,(H,14,16). The molecule has 1 aliphatic carbocycles. The number of fused-ring (bicyclic) bond motifs is 1. The van der Waals surface area contributed by atoms with Crippen LogP contribution in [0.3, 0.4) is 0 Å². The van der Waals surface area contributed by atoms with Gasteiger partial charge in [-0.25, -0.2) is 15.0 Å². The van der Waals surface area contributed by atoms with Crippen LogP contribution in [0.15, 0.2) is 16.9 Å². The topological polar surface area (TPSA) is 50.7 Å². The maximum Gasteiger partial charge on any atom is 0.172 e. The van der Waals surface area contributed by atoms with E-state index in [0.29, 0.717) is 22.5 Å². The Hall–Kier alpha value is -0.940. The molecule has 0 unspecified atom stereocenters. The fourth-order valence-corrected chi connectivity index (χ4v) is 1.93. The Kier molecular flexibility index (Phi) is 2.44. The summed E-state index contributed by atoms with van der Waals surface area (Å²) < 4.78 is 0.744. The summed E-state index contributed by atoms with van der Waals surface area (Å²) in [6.45, 7) is 0. The average molecular weight is 300 g/mol. The summed E-state index contributed by atoms with van der Waals surface area (Å²) in [6.07, 6.45) is 4.01. The minimum absolute atomic E-state index is 0.406. The van der Waals surface area contributed by atoms with E-state index in [4.69, 9.17) is 11.6 Å². The van der Waals surface area contributed by atoms with Gasteiger partial charge in [0, 0.05) is 6.04 Å². The molecule has 0 radical (unpaired) electrons. The van der Waals surface area contributed by atoms with Gasteiger partial charge in [-0.1, -0.05) is 11.6 Å². The highest BCUT2D eigenvalue weighted by atomic mass is 79.9. The highest BCUT2D eigenvalue weighted by molar-refractivity contribution is 9.10.